The van der Waals surface area contributed by atoms with E-state index in [2.05, 4.69) is 10.6 Å². The molecule has 1 aliphatic carbocycles. The molecule has 0 heterocycles. The van der Waals surface area contributed by atoms with Crippen LogP contribution in [0.2, 0.25) is 0 Å². The van der Waals surface area contributed by atoms with Crippen molar-refractivity contribution < 1.29 is 28.3 Å². The van der Waals surface area contributed by atoms with Crippen LogP contribution in [0.5, 0.6) is 0 Å². The van der Waals surface area contributed by atoms with Gasteiger partial charge >= 0.3 is 5.97 Å². The number of amides is 2. The largest absolute Gasteiger partial charge is 0.480 e. The molecule has 0 saturated heterocycles. The minimum absolute atomic E-state index is 0.00379. The fourth-order valence-electron chi connectivity index (χ4n) is 3.20. The molecule has 0 bridgehead atoms. The normalized spacial score (nSPS) is 18.4. The van der Waals surface area contributed by atoms with Crippen LogP contribution in [0.4, 0.5) is 8.78 Å². The van der Waals surface area contributed by atoms with Gasteiger partial charge in [0.25, 0.3) is 5.91 Å². The van der Waals surface area contributed by atoms with Gasteiger partial charge < -0.3 is 15.7 Å². The zero-order valence-electron chi connectivity index (χ0n) is 15.7. The van der Waals surface area contributed by atoms with Crippen LogP contribution in [-0.4, -0.2) is 59.5 Å². The fourth-order valence-corrected chi connectivity index (χ4v) is 3.20. The van der Waals surface area contributed by atoms with E-state index < -0.39 is 23.5 Å². The summed E-state index contributed by atoms with van der Waals surface area (Å²) in [6, 6.07) is 2.92. The molecule has 1 aromatic carbocycles. The molecule has 1 aliphatic rings. The first-order valence-electron chi connectivity index (χ1n) is 9.28. The molecule has 1 fully saturated rings. The number of rotatable bonds is 10. The van der Waals surface area contributed by atoms with E-state index in [9.17, 15) is 23.2 Å². The quantitative estimate of drug-likeness (QED) is 0.520. The first-order chi connectivity index (χ1) is 13.3. The van der Waals surface area contributed by atoms with Crippen LogP contribution >= 0.6 is 0 Å². The number of aliphatic carboxylic acids is 1. The van der Waals surface area contributed by atoms with Crippen molar-refractivity contribution in [2.75, 3.05) is 19.6 Å². The van der Waals surface area contributed by atoms with E-state index in [1.54, 1.807) is 0 Å². The number of nitrogens with zero attached hydrogens (tertiary/aromatic N) is 1. The summed E-state index contributed by atoms with van der Waals surface area (Å²) < 4.78 is 26.4. The maximum atomic E-state index is 13.5. The van der Waals surface area contributed by atoms with Gasteiger partial charge in [-0.1, -0.05) is 6.92 Å². The van der Waals surface area contributed by atoms with E-state index in [0.29, 0.717) is 31.9 Å². The lowest BCUT2D eigenvalue weighted by Crippen LogP contribution is -2.54. The fraction of sp³-hybridized carbons (Fsp3) is 0.526. The summed E-state index contributed by atoms with van der Waals surface area (Å²) in [5.74, 6) is -3.35. The molecule has 7 nitrogen and oxygen atoms in total. The number of nitrogens with one attached hydrogen (secondary N) is 2. The molecular weight excluding hydrogens is 372 g/mol. The molecule has 0 aliphatic heterocycles. The lowest BCUT2D eigenvalue weighted by molar-refractivity contribution is -0.139. The van der Waals surface area contributed by atoms with Crippen molar-refractivity contribution in [3.8, 4) is 0 Å². The highest BCUT2D eigenvalue weighted by molar-refractivity contribution is 5.94. The summed E-state index contributed by atoms with van der Waals surface area (Å²) in [7, 11) is 0. The zero-order valence-corrected chi connectivity index (χ0v) is 15.7. The number of carbonyl (C=O) groups excluding carboxylic acids is 2. The second-order valence-corrected chi connectivity index (χ2v) is 6.83. The number of likely N-dealkylation sites (N-methyl/N-ethyl adjacent to an activating group) is 1. The van der Waals surface area contributed by atoms with Gasteiger partial charge in [0.05, 0.1) is 12.1 Å². The Hall–Kier alpha value is -2.55. The van der Waals surface area contributed by atoms with E-state index in [0.717, 1.165) is 12.1 Å². The summed E-state index contributed by atoms with van der Waals surface area (Å²) >= 11 is 0. The van der Waals surface area contributed by atoms with Crippen LogP contribution in [0.25, 0.3) is 0 Å². The molecule has 2 amide bonds. The van der Waals surface area contributed by atoms with Crippen molar-refractivity contribution in [2.45, 2.75) is 44.7 Å². The summed E-state index contributed by atoms with van der Waals surface area (Å²) in [6.45, 7) is 2.74. The van der Waals surface area contributed by atoms with Gasteiger partial charge in [-0.2, -0.15) is 0 Å². The Morgan fingerprint density at radius 1 is 1.25 bits per heavy atom. The molecule has 1 aromatic rings. The Balaban J connectivity index is 1.62. The van der Waals surface area contributed by atoms with Gasteiger partial charge in [-0.05, 0) is 37.9 Å². The highest BCUT2D eigenvalue weighted by Gasteiger charge is 2.34. The SMILES string of the molecule is CCN(CC(=O)O)C1CC(NC(=O)CCCNC(=O)c2ccc(F)cc2F)C1. The molecule has 3 N–H and O–H groups in total. The smallest absolute Gasteiger partial charge is 0.317 e. The van der Waals surface area contributed by atoms with E-state index in [4.69, 9.17) is 5.11 Å². The summed E-state index contributed by atoms with van der Waals surface area (Å²) in [4.78, 5) is 36.5. The number of hydrogen-bond acceptors (Lipinski definition) is 4. The molecule has 28 heavy (non-hydrogen) atoms. The van der Waals surface area contributed by atoms with E-state index in [1.807, 2.05) is 11.8 Å². The van der Waals surface area contributed by atoms with Crippen LogP contribution in [-0.2, 0) is 9.59 Å². The van der Waals surface area contributed by atoms with E-state index >= 15 is 0 Å². The standard InChI is InChI=1S/C19H25F2N3O4/c1-2-24(11-18(26)27)14-9-13(10-14)23-17(25)4-3-7-22-19(28)15-6-5-12(20)8-16(15)21/h5-6,8,13-14H,2-4,7,9-11H2,1H3,(H,22,28)(H,23,25)(H,26,27). The summed E-state index contributed by atoms with van der Waals surface area (Å²) in [6.07, 6.45) is 2.03. The average molecular weight is 397 g/mol. The molecule has 0 aromatic heterocycles. The number of hydrogen-bond donors (Lipinski definition) is 3. The number of carbonyl (C=O) groups is 3. The van der Waals surface area contributed by atoms with E-state index in [1.165, 1.54) is 0 Å². The van der Waals surface area contributed by atoms with Gasteiger partial charge in [0.2, 0.25) is 5.91 Å². The predicted molar refractivity (Wildman–Crippen MR) is 97.8 cm³/mol. The Labute approximate surface area is 162 Å². The minimum atomic E-state index is -0.932. The second kappa shape index (κ2) is 10.1. The Morgan fingerprint density at radius 2 is 1.96 bits per heavy atom. The van der Waals surface area contributed by atoms with Gasteiger partial charge in [-0.25, -0.2) is 8.78 Å². The second-order valence-electron chi connectivity index (χ2n) is 6.83. The highest BCUT2D eigenvalue weighted by atomic mass is 19.1. The zero-order chi connectivity index (χ0) is 20.7. The number of halogens is 2. The van der Waals surface area contributed by atoms with Crippen LogP contribution in [0.15, 0.2) is 18.2 Å². The number of carboxylic acid groups (broad SMARTS) is 1. The first-order valence-corrected chi connectivity index (χ1v) is 9.28. The van der Waals surface area contributed by atoms with Gasteiger partial charge in [0.1, 0.15) is 11.6 Å². The van der Waals surface area contributed by atoms with Gasteiger partial charge in [-0.3, -0.25) is 19.3 Å². The maximum Gasteiger partial charge on any atom is 0.317 e. The van der Waals surface area contributed by atoms with Gasteiger partial charge in [-0.15, -0.1) is 0 Å². The molecule has 0 unspecified atom stereocenters. The molecule has 0 atom stereocenters. The van der Waals surface area contributed by atoms with Crippen LogP contribution in [0.3, 0.4) is 0 Å². The highest BCUT2D eigenvalue weighted by Crippen LogP contribution is 2.25. The molecule has 1 saturated carbocycles. The van der Waals surface area contributed by atoms with Crippen LogP contribution < -0.4 is 10.6 Å². The van der Waals surface area contributed by atoms with Crippen LogP contribution in [0, 0.1) is 11.6 Å². The molecular formula is C19H25F2N3O4. The monoisotopic (exact) mass is 397 g/mol. The van der Waals surface area contributed by atoms with Crippen molar-refractivity contribution in [1.29, 1.82) is 0 Å². The Bertz CT molecular complexity index is 723. The average Bonchev–Trinajstić information content (AvgIpc) is 2.59. The lowest BCUT2D eigenvalue weighted by Gasteiger charge is -2.42. The molecule has 0 radical (unpaired) electrons. The Kier molecular flexibility index (Phi) is 7.86. The topological polar surface area (TPSA) is 98.7 Å². The molecule has 2 rings (SSSR count). The lowest BCUT2D eigenvalue weighted by atomic mass is 9.85. The third-order valence-corrected chi connectivity index (χ3v) is 4.78. The van der Waals surface area contributed by atoms with Gasteiger partial charge in [0.15, 0.2) is 0 Å². The van der Waals surface area contributed by atoms with Crippen molar-refractivity contribution in [3.05, 3.63) is 35.4 Å². The Morgan fingerprint density at radius 3 is 2.57 bits per heavy atom. The molecule has 154 valence electrons. The minimum Gasteiger partial charge on any atom is -0.480 e. The first kappa shape index (κ1) is 21.7. The van der Waals surface area contributed by atoms with E-state index in [-0.39, 0.29) is 43.1 Å². The maximum absolute atomic E-state index is 13.5. The summed E-state index contributed by atoms with van der Waals surface area (Å²) in [5, 5.41) is 14.3. The van der Waals surface area contributed by atoms with Crippen molar-refractivity contribution >= 4 is 17.8 Å². The molecule has 0 spiro atoms. The van der Waals surface area contributed by atoms with Crippen molar-refractivity contribution in [2.24, 2.45) is 0 Å². The van der Waals surface area contributed by atoms with Gasteiger partial charge in [0, 0.05) is 31.1 Å². The molecule has 9 heteroatoms. The van der Waals surface area contributed by atoms with Crippen molar-refractivity contribution in [3.63, 3.8) is 0 Å². The predicted octanol–water partition coefficient (Wildman–Crippen LogP) is 1.53. The van der Waals surface area contributed by atoms with Crippen molar-refractivity contribution in [1.82, 2.24) is 15.5 Å². The third kappa shape index (κ3) is 6.26. The third-order valence-electron chi connectivity index (χ3n) is 4.78. The summed E-state index contributed by atoms with van der Waals surface area (Å²) in [5.41, 5.74) is -0.242. The van der Waals surface area contributed by atoms with Crippen LogP contribution in [0.1, 0.15) is 43.0 Å². The number of carboxylic acids is 1. The number of benzene rings is 1.